The molecule has 2 N–H and O–H groups in total. The lowest BCUT2D eigenvalue weighted by Crippen LogP contribution is -2.47. The number of aromatic nitrogens is 1. The van der Waals surface area contributed by atoms with Crippen molar-refractivity contribution in [2.75, 3.05) is 0 Å². The van der Waals surface area contributed by atoms with Gasteiger partial charge in [-0.1, -0.05) is 72.8 Å². The number of fused-ring (bicyclic) bond motifs is 1. The zero-order valence-corrected chi connectivity index (χ0v) is 17.9. The molecule has 0 saturated carbocycles. The van der Waals surface area contributed by atoms with Crippen LogP contribution >= 0.6 is 0 Å². The Hall–Kier alpha value is -3.59. The van der Waals surface area contributed by atoms with E-state index in [2.05, 4.69) is 37.0 Å². The number of aromatic amines is 1. The van der Waals surface area contributed by atoms with Crippen LogP contribution < -0.4 is 0 Å². The van der Waals surface area contributed by atoms with Crippen LogP contribution in [0, 0.1) is 13.8 Å². The number of ketones is 1. The van der Waals surface area contributed by atoms with Crippen LogP contribution in [0.5, 0.6) is 0 Å². The summed E-state index contributed by atoms with van der Waals surface area (Å²) in [6, 6.07) is 25.8. The summed E-state index contributed by atoms with van der Waals surface area (Å²) < 4.78 is 0. The molecule has 2 unspecified atom stereocenters. The molecule has 31 heavy (non-hydrogen) atoms. The topological polar surface area (TPSA) is 53.1 Å². The van der Waals surface area contributed by atoms with Crippen molar-refractivity contribution >= 4 is 16.7 Å². The van der Waals surface area contributed by atoms with E-state index in [1.54, 1.807) is 0 Å². The standard InChI is InChI=1S/C28H25NO2/c1-17-14-15-21-18(2)25(29-22(21)16-17)23(19-10-6-4-7-11-19)24-26(30)28(3,27(24)31)20-12-8-5-9-13-20/h4-16,23,29-30H,1-3H3. The van der Waals surface area contributed by atoms with E-state index in [9.17, 15) is 9.90 Å². The summed E-state index contributed by atoms with van der Waals surface area (Å²) in [5.74, 6) is -0.218. The predicted octanol–water partition coefficient (Wildman–Crippen LogP) is 6.27. The van der Waals surface area contributed by atoms with Gasteiger partial charge in [0.25, 0.3) is 0 Å². The number of allylic oxidation sites excluding steroid dienone is 2. The Labute approximate surface area is 182 Å². The number of aryl methyl sites for hydroxylation is 2. The second-order valence-electron chi connectivity index (χ2n) is 8.64. The maximum atomic E-state index is 13.6. The smallest absolute Gasteiger partial charge is 0.181 e. The van der Waals surface area contributed by atoms with Crippen molar-refractivity contribution in [3.8, 4) is 0 Å². The number of hydrogen-bond donors (Lipinski definition) is 2. The van der Waals surface area contributed by atoms with Crippen molar-refractivity contribution in [1.82, 2.24) is 4.98 Å². The molecule has 0 bridgehead atoms. The molecule has 0 radical (unpaired) electrons. The number of carbonyl (C=O) groups excluding carboxylic acids is 1. The summed E-state index contributed by atoms with van der Waals surface area (Å²) >= 11 is 0. The zero-order chi connectivity index (χ0) is 21.8. The van der Waals surface area contributed by atoms with Gasteiger partial charge in [-0.25, -0.2) is 0 Å². The first kappa shape index (κ1) is 19.4. The summed E-state index contributed by atoms with van der Waals surface area (Å²) in [6.45, 7) is 5.96. The molecule has 0 amide bonds. The van der Waals surface area contributed by atoms with Gasteiger partial charge < -0.3 is 10.1 Å². The fraction of sp³-hybridized carbons (Fsp3) is 0.179. The number of rotatable bonds is 4. The molecule has 0 aliphatic heterocycles. The molecular weight excluding hydrogens is 382 g/mol. The normalized spacial score (nSPS) is 19.5. The van der Waals surface area contributed by atoms with Gasteiger partial charge in [0.2, 0.25) is 0 Å². The minimum atomic E-state index is -1.000. The first-order valence-corrected chi connectivity index (χ1v) is 10.6. The quantitative estimate of drug-likeness (QED) is 0.419. The highest BCUT2D eigenvalue weighted by Gasteiger charge is 2.54. The monoisotopic (exact) mass is 407 g/mol. The van der Waals surface area contributed by atoms with Crippen molar-refractivity contribution in [2.24, 2.45) is 0 Å². The van der Waals surface area contributed by atoms with Crippen LogP contribution in [0.4, 0.5) is 0 Å². The minimum absolute atomic E-state index is 0.0284. The number of hydrogen-bond acceptors (Lipinski definition) is 2. The number of H-pyrrole nitrogens is 1. The maximum Gasteiger partial charge on any atom is 0.181 e. The average Bonchev–Trinajstić information content (AvgIpc) is 3.12. The van der Waals surface area contributed by atoms with Gasteiger partial charge in [0.1, 0.15) is 11.2 Å². The second kappa shape index (κ2) is 6.98. The minimum Gasteiger partial charge on any atom is -0.510 e. The van der Waals surface area contributed by atoms with Crippen LogP contribution in [0.15, 0.2) is 90.2 Å². The van der Waals surface area contributed by atoms with Gasteiger partial charge >= 0.3 is 0 Å². The van der Waals surface area contributed by atoms with Gasteiger partial charge in [-0.2, -0.15) is 0 Å². The third-order valence-electron chi connectivity index (χ3n) is 6.74. The number of aliphatic hydroxyl groups excluding tert-OH is 1. The van der Waals surface area contributed by atoms with Gasteiger partial charge in [-0.15, -0.1) is 0 Å². The summed E-state index contributed by atoms with van der Waals surface area (Å²) in [5.41, 5.74) is 5.56. The third kappa shape index (κ3) is 2.77. The first-order valence-electron chi connectivity index (χ1n) is 10.6. The molecule has 3 nitrogen and oxygen atoms in total. The number of carbonyl (C=O) groups is 1. The molecule has 0 saturated heterocycles. The number of benzene rings is 3. The fourth-order valence-corrected chi connectivity index (χ4v) is 4.88. The van der Waals surface area contributed by atoms with Gasteiger partial charge in [-0.3, -0.25) is 4.79 Å². The predicted molar refractivity (Wildman–Crippen MR) is 125 cm³/mol. The Morgan fingerprint density at radius 1 is 0.903 bits per heavy atom. The van der Waals surface area contributed by atoms with E-state index in [1.807, 2.05) is 67.6 Å². The van der Waals surface area contributed by atoms with E-state index in [1.165, 1.54) is 5.56 Å². The van der Waals surface area contributed by atoms with Crippen LogP contribution in [0.3, 0.4) is 0 Å². The molecule has 5 rings (SSSR count). The Morgan fingerprint density at radius 3 is 2.19 bits per heavy atom. The summed E-state index contributed by atoms with van der Waals surface area (Å²) in [4.78, 5) is 17.2. The first-order chi connectivity index (χ1) is 14.9. The average molecular weight is 408 g/mol. The van der Waals surface area contributed by atoms with Crippen molar-refractivity contribution < 1.29 is 9.90 Å². The highest BCUT2D eigenvalue weighted by Crippen LogP contribution is 2.51. The maximum absolute atomic E-state index is 13.6. The lowest BCUT2D eigenvalue weighted by atomic mass is 9.60. The van der Waals surface area contributed by atoms with Crippen LogP contribution in [0.2, 0.25) is 0 Å². The molecule has 0 spiro atoms. The zero-order valence-electron chi connectivity index (χ0n) is 17.9. The number of aliphatic hydroxyl groups is 1. The van der Waals surface area contributed by atoms with Crippen molar-refractivity contribution in [2.45, 2.75) is 32.1 Å². The molecule has 1 aliphatic rings. The molecule has 0 fully saturated rings. The molecular formula is C28H25NO2. The molecule has 154 valence electrons. The van der Waals surface area contributed by atoms with Crippen LogP contribution in [0.1, 0.15) is 40.8 Å². The summed E-state index contributed by atoms with van der Waals surface area (Å²) in [5, 5.41) is 12.4. The van der Waals surface area contributed by atoms with E-state index in [0.29, 0.717) is 5.57 Å². The van der Waals surface area contributed by atoms with E-state index in [-0.39, 0.29) is 17.5 Å². The lowest BCUT2D eigenvalue weighted by molar-refractivity contribution is -0.123. The second-order valence-corrected chi connectivity index (χ2v) is 8.64. The van der Waals surface area contributed by atoms with E-state index < -0.39 is 5.41 Å². The highest BCUT2D eigenvalue weighted by atomic mass is 16.3. The highest BCUT2D eigenvalue weighted by molar-refractivity contribution is 6.14. The van der Waals surface area contributed by atoms with Crippen molar-refractivity contribution in [3.63, 3.8) is 0 Å². The summed E-state index contributed by atoms with van der Waals surface area (Å²) in [6.07, 6.45) is 0. The molecule has 2 atom stereocenters. The van der Waals surface area contributed by atoms with E-state index >= 15 is 0 Å². The van der Waals surface area contributed by atoms with Crippen molar-refractivity contribution in [3.05, 3.63) is 118 Å². The van der Waals surface area contributed by atoms with Gasteiger partial charge in [0.05, 0.1) is 5.92 Å². The lowest BCUT2D eigenvalue weighted by Gasteiger charge is -2.41. The fourth-order valence-electron chi connectivity index (χ4n) is 4.88. The van der Waals surface area contributed by atoms with Crippen LogP contribution in [-0.4, -0.2) is 15.9 Å². The third-order valence-corrected chi connectivity index (χ3v) is 6.74. The molecule has 3 aromatic carbocycles. The number of nitrogens with one attached hydrogen (secondary N) is 1. The van der Waals surface area contributed by atoms with E-state index in [0.717, 1.165) is 33.3 Å². The van der Waals surface area contributed by atoms with Crippen LogP contribution in [-0.2, 0) is 10.2 Å². The molecule has 1 heterocycles. The van der Waals surface area contributed by atoms with Crippen molar-refractivity contribution in [1.29, 1.82) is 0 Å². The van der Waals surface area contributed by atoms with Gasteiger partial charge in [0, 0.05) is 22.2 Å². The number of Topliss-reactive ketones (excluding diaryl/α,β-unsaturated/α-hetero) is 1. The van der Waals surface area contributed by atoms with Crippen LogP contribution in [0.25, 0.3) is 10.9 Å². The van der Waals surface area contributed by atoms with Gasteiger partial charge in [0.15, 0.2) is 5.78 Å². The molecule has 1 aromatic heterocycles. The Kier molecular flexibility index (Phi) is 4.37. The Bertz CT molecular complexity index is 1330. The molecule has 1 aliphatic carbocycles. The molecule has 3 heteroatoms. The van der Waals surface area contributed by atoms with Gasteiger partial charge in [-0.05, 0) is 49.1 Å². The SMILES string of the molecule is Cc1ccc2c(C)c(C(C3=C(O)C(C)(c4ccccc4)C3=O)c3ccccc3)[nH]c2c1. The van der Waals surface area contributed by atoms with E-state index in [4.69, 9.17) is 0 Å². The Morgan fingerprint density at radius 2 is 1.55 bits per heavy atom. The summed E-state index contributed by atoms with van der Waals surface area (Å²) in [7, 11) is 0. The largest absolute Gasteiger partial charge is 0.510 e. The Balaban J connectivity index is 1.73. The molecule has 4 aromatic rings.